The molecule has 0 spiro atoms. The number of para-hydroxylation sites is 1. The smallest absolute Gasteiger partial charge is 0.254 e. The molecule has 1 aromatic heterocycles. The van der Waals surface area contributed by atoms with E-state index in [2.05, 4.69) is 10.4 Å². The fourth-order valence-corrected chi connectivity index (χ4v) is 3.93. The lowest BCUT2D eigenvalue weighted by Gasteiger charge is -2.22. The Balaban J connectivity index is 1.81. The van der Waals surface area contributed by atoms with E-state index in [1.165, 1.54) is 0 Å². The Morgan fingerprint density at radius 2 is 2.09 bits per heavy atom. The molecule has 1 aliphatic rings. The molecular weight excluding hydrogens is 318 g/mol. The maximum Gasteiger partial charge on any atom is 0.254 e. The molecule has 0 bridgehead atoms. The van der Waals surface area contributed by atoms with Gasteiger partial charge in [-0.05, 0) is 43.4 Å². The van der Waals surface area contributed by atoms with Crippen LogP contribution in [0.15, 0.2) is 30.5 Å². The van der Waals surface area contributed by atoms with Gasteiger partial charge in [0.05, 0.1) is 28.2 Å². The van der Waals surface area contributed by atoms with E-state index in [0.717, 1.165) is 35.7 Å². The Hall–Kier alpha value is -1.46. The summed E-state index contributed by atoms with van der Waals surface area (Å²) >= 11 is 8.16. The monoisotopic (exact) mass is 335 g/mol. The summed E-state index contributed by atoms with van der Waals surface area (Å²) in [5.41, 5.74) is 2.20. The molecule has 1 amide bonds. The quantitative estimate of drug-likeness (QED) is 0.934. The summed E-state index contributed by atoms with van der Waals surface area (Å²) in [5.74, 6) is 2.18. The molecule has 4 nitrogen and oxygen atoms in total. The first-order valence-corrected chi connectivity index (χ1v) is 8.88. The van der Waals surface area contributed by atoms with Crippen LogP contribution in [0.5, 0.6) is 0 Å². The number of halogens is 1. The molecule has 1 saturated heterocycles. The number of rotatable bonds is 3. The standard InChI is InChI=1S/C16H18ClN3OS/c1-11-13(16(21)19-12-6-8-22-9-7-12)10-18-20(11)15-5-3-2-4-14(15)17/h2-5,10,12H,6-9H2,1H3,(H,19,21). The van der Waals surface area contributed by atoms with Crippen molar-refractivity contribution in [3.05, 3.63) is 46.7 Å². The van der Waals surface area contributed by atoms with E-state index in [-0.39, 0.29) is 11.9 Å². The molecule has 1 aliphatic heterocycles. The molecule has 0 saturated carbocycles. The zero-order valence-electron chi connectivity index (χ0n) is 12.4. The van der Waals surface area contributed by atoms with Gasteiger partial charge in [0.1, 0.15) is 0 Å². The lowest BCUT2D eigenvalue weighted by molar-refractivity contribution is 0.0934. The average Bonchev–Trinajstić information content (AvgIpc) is 2.90. The van der Waals surface area contributed by atoms with E-state index in [1.54, 1.807) is 10.9 Å². The van der Waals surface area contributed by atoms with Crippen molar-refractivity contribution in [2.75, 3.05) is 11.5 Å². The van der Waals surface area contributed by atoms with Crippen LogP contribution in [0.1, 0.15) is 28.9 Å². The first-order chi connectivity index (χ1) is 10.7. The van der Waals surface area contributed by atoms with Gasteiger partial charge in [0.2, 0.25) is 0 Å². The number of aromatic nitrogens is 2. The molecule has 1 N–H and O–H groups in total. The average molecular weight is 336 g/mol. The van der Waals surface area contributed by atoms with Gasteiger partial charge in [-0.2, -0.15) is 16.9 Å². The number of hydrogen-bond acceptors (Lipinski definition) is 3. The SMILES string of the molecule is Cc1c(C(=O)NC2CCSCC2)cnn1-c1ccccc1Cl. The highest BCUT2D eigenvalue weighted by Crippen LogP contribution is 2.22. The number of carbonyl (C=O) groups is 1. The van der Waals surface area contributed by atoms with Gasteiger partial charge in [0.15, 0.2) is 0 Å². The van der Waals surface area contributed by atoms with E-state index in [9.17, 15) is 4.79 Å². The maximum atomic E-state index is 12.5. The molecule has 1 fully saturated rings. The maximum absolute atomic E-state index is 12.5. The van der Waals surface area contributed by atoms with Crippen LogP contribution in [0.3, 0.4) is 0 Å². The Morgan fingerprint density at radius 1 is 1.36 bits per heavy atom. The highest BCUT2D eigenvalue weighted by atomic mass is 35.5. The predicted octanol–water partition coefficient (Wildman–Crippen LogP) is 3.46. The third-order valence-corrected chi connectivity index (χ3v) is 5.26. The van der Waals surface area contributed by atoms with Crippen LogP contribution in [0.2, 0.25) is 5.02 Å². The van der Waals surface area contributed by atoms with Gasteiger partial charge in [0, 0.05) is 6.04 Å². The zero-order chi connectivity index (χ0) is 15.5. The third-order valence-electron chi connectivity index (χ3n) is 3.89. The number of hydrogen-bond donors (Lipinski definition) is 1. The Bertz CT molecular complexity index is 680. The number of amides is 1. The summed E-state index contributed by atoms with van der Waals surface area (Å²) in [6.45, 7) is 1.89. The van der Waals surface area contributed by atoms with Crippen molar-refractivity contribution in [2.45, 2.75) is 25.8 Å². The van der Waals surface area contributed by atoms with Crippen LogP contribution < -0.4 is 5.32 Å². The summed E-state index contributed by atoms with van der Waals surface area (Å²) in [6.07, 6.45) is 3.69. The van der Waals surface area contributed by atoms with Gasteiger partial charge in [-0.3, -0.25) is 4.79 Å². The van der Waals surface area contributed by atoms with Crippen LogP contribution in [0.4, 0.5) is 0 Å². The molecule has 2 heterocycles. The van der Waals surface area contributed by atoms with E-state index in [1.807, 2.05) is 43.0 Å². The number of nitrogens with zero attached hydrogens (tertiary/aromatic N) is 2. The number of carbonyl (C=O) groups excluding carboxylic acids is 1. The summed E-state index contributed by atoms with van der Waals surface area (Å²) in [4.78, 5) is 12.5. The van der Waals surface area contributed by atoms with Crippen molar-refractivity contribution >= 4 is 29.3 Å². The van der Waals surface area contributed by atoms with Crippen molar-refractivity contribution < 1.29 is 4.79 Å². The molecular formula is C16H18ClN3OS. The Kier molecular flexibility index (Phi) is 4.74. The van der Waals surface area contributed by atoms with Gasteiger partial charge in [-0.15, -0.1) is 0 Å². The van der Waals surface area contributed by atoms with Gasteiger partial charge in [-0.25, -0.2) is 4.68 Å². The number of thioether (sulfide) groups is 1. The van der Waals surface area contributed by atoms with Crippen molar-refractivity contribution in [1.29, 1.82) is 0 Å². The van der Waals surface area contributed by atoms with Crippen molar-refractivity contribution in [3.63, 3.8) is 0 Å². The second-order valence-corrected chi connectivity index (χ2v) is 7.00. The molecule has 6 heteroatoms. The molecule has 0 unspecified atom stereocenters. The van der Waals surface area contributed by atoms with Crippen LogP contribution in [0, 0.1) is 6.92 Å². The summed E-state index contributed by atoms with van der Waals surface area (Å²) in [6, 6.07) is 7.76. The molecule has 0 atom stereocenters. The highest BCUT2D eigenvalue weighted by molar-refractivity contribution is 7.99. The largest absolute Gasteiger partial charge is 0.349 e. The second kappa shape index (κ2) is 6.75. The highest BCUT2D eigenvalue weighted by Gasteiger charge is 2.20. The fraction of sp³-hybridized carbons (Fsp3) is 0.375. The minimum absolute atomic E-state index is 0.0484. The topological polar surface area (TPSA) is 46.9 Å². The van der Waals surface area contributed by atoms with Gasteiger partial charge in [0.25, 0.3) is 5.91 Å². The number of nitrogens with one attached hydrogen (secondary N) is 1. The normalized spacial score (nSPS) is 15.7. The molecule has 0 aliphatic carbocycles. The van der Waals surface area contributed by atoms with Crippen molar-refractivity contribution in [1.82, 2.24) is 15.1 Å². The van der Waals surface area contributed by atoms with Crippen LogP contribution in [-0.2, 0) is 0 Å². The third kappa shape index (κ3) is 3.15. The van der Waals surface area contributed by atoms with Crippen LogP contribution >= 0.6 is 23.4 Å². The second-order valence-electron chi connectivity index (χ2n) is 5.37. The Labute approximate surface area is 139 Å². The Morgan fingerprint density at radius 3 is 2.82 bits per heavy atom. The van der Waals surface area contributed by atoms with E-state index >= 15 is 0 Å². The van der Waals surface area contributed by atoms with Gasteiger partial charge < -0.3 is 5.32 Å². The van der Waals surface area contributed by atoms with Crippen LogP contribution in [0.25, 0.3) is 5.69 Å². The van der Waals surface area contributed by atoms with Crippen molar-refractivity contribution in [2.24, 2.45) is 0 Å². The summed E-state index contributed by atoms with van der Waals surface area (Å²) in [7, 11) is 0. The van der Waals surface area contributed by atoms with Crippen LogP contribution in [-0.4, -0.2) is 33.2 Å². The van der Waals surface area contributed by atoms with E-state index < -0.39 is 0 Å². The lowest BCUT2D eigenvalue weighted by atomic mass is 10.1. The molecule has 22 heavy (non-hydrogen) atoms. The number of benzene rings is 1. The summed E-state index contributed by atoms with van der Waals surface area (Å²) < 4.78 is 1.72. The lowest BCUT2D eigenvalue weighted by Crippen LogP contribution is -2.37. The summed E-state index contributed by atoms with van der Waals surface area (Å²) in [5, 5.41) is 8.06. The predicted molar refractivity (Wildman–Crippen MR) is 91.1 cm³/mol. The molecule has 1 aromatic carbocycles. The van der Waals surface area contributed by atoms with Gasteiger partial charge in [-0.1, -0.05) is 23.7 Å². The fourth-order valence-electron chi connectivity index (χ4n) is 2.60. The molecule has 3 rings (SSSR count). The molecule has 2 aromatic rings. The van der Waals surface area contributed by atoms with E-state index in [4.69, 9.17) is 11.6 Å². The first-order valence-electron chi connectivity index (χ1n) is 7.35. The molecule has 116 valence electrons. The minimum Gasteiger partial charge on any atom is -0.349 e. The zero-order valence-corrected chi connectivity index (χ0v) is 14.0. The molecule has 0 radical (unpaired) electrons. The minimum atomic E-state index is -0.0484. The van der Waals surface area contributed by atoms with Crippen molar-refractivity contribution in [3.8, 4) is 5.69 Å². The first kappa shape index (κ1) is 15.4. The van der Waals surface area contributed by atoms with E-state index in [0.29, 0.717) is 10.6 Å². The van der Waals surface area contributed by atoms with Gasteiger partial charge >= 0.3 is 0 Å².